The normalized spacial score (nSPS) is 10.5. The van der Waals surface area contributed by atoms with Crippen LogP contribution >= 0.6 is 23.8 Å². The number of rotatable bonds is 2. The van der Waals surface area contributed by atoms with Crippen molar-refractivity contribution in [3.63, 3.8) is 0 Å². The fraction of sp³-hybridized carbons (Fsp3) is 0.111. The van der Waals surface area contributed by atoms with E-state index in [-0.39, 0.29) is 5.69 Å². The topological polar surface area (TPSA) is 76.8 Å². The molecule has 1 aromatic heterocycles. The first-order valence-corrected chi connectivity index (χ1v) is 5.35. The van der Waals surface area contributed by atoms with E-state index >= 15 is 0 Å². The van der Waals surface area contributed by atoms with Gasteiger partial charge in [-0.05, 0) is 24.4 Å². The molecule has 0 fully saturated rings. The standard InChI is InChI=1S/C9H7ClN4O2S/c1-13-8(11-12-9(13)17)6-3-2-5(10)4-7(6)14(15)16/h2-4H,1H3,(H,12,17). The Hall–Kier alpha value is -1.73. The van der Waals surface area contributed by atoms with Crippen LogP contribution in [-0.2, 0) is 7.05 Å². The van der Waals surface area contributed by atoms with Gasteiger partial charge in [0.15, 0.2) is 10.6 Å². The second-order valence-corrected chi connectivity index (χ2v) is 4.15. The van der Waals surface area contributed by atoms with E-state index in [1.54, 1.807) is 23.7 Å². The maximum atomic E-state index is 10.9. The van der Waals surface area contributed by atoms with Gasteiger partial charge < -0.3 is 4.57 Å². The highest BCUT2D eigenvalue weighted by Gasteiger charge is 2.19. The van der Waals surface area contributed by atoms with E-state index in [1.807, 2.05) is 0 Å². The molecular weight excluding hydrogens is 264 g/mol. The number of hydrogen-bond acceptors (Lipinski definition) is 4. The van der Waals surface area contributed by atoms with E-state index in [2.05, 4.69) is 10.2 Å². The van der Waals surface area contributed by atoms with Crippen LogP contribution in [0.25, 0.3) is 11.4 Å². The molecule has 0 aliphatic rings. The molecule has 6 nitrogen and oxygen atoms in total. The van der Waals surface area contributed by atoms with Gasteiger partial charge in [-0.15, -0.1) is 0 Å². The molecule has 88 valence electrons. The van der Waals surface area contributed by atoms with Gasteiger partial charge in [-0.25, -0.2) is 0 Å². The van der Waals surface area contributed by atoms with Crippen LogP contribution in [0.5, 0.6) is 0 Å². The minimum absolute atomic E-state index is 0.102. The molecule has 1 heterocycles. The van der Waals surface area contributed by atoms with Crippen LogP contribution in [0.3, 0.4) is 0 Å². The number of aromatic nitrogens is 3. The van der Waals surface area contributed by atoms with E-state index in [9.17, 15) is 10.1 Å². The van der Waals surface area contributed by atoms with Gasteiger partial charge in [0.2, 0.25) is 0 Å². The van der Waals surface area contributed by atoms with Crippen LogP contribution in [0.1, 0.15) is 0 Å². The number of nitro benzene ring substituents is 1. The van der Waals surface area contributed by atoms with Crippen molar-refractivity contribution >= 4 is 29.5 Å². The maximum absolute atomic E-state index is 10.9. The van der Waals surface area contributed by atoms with Crippen LogP contribution in [0, 0.1) is 14.9 Å². The molecule has 0 spiro atoms. The summed E-state index contributed by atoms with van der Waals surface area (Å²) in [6, 6.07) is 4.40. The summed E-state index contributed by atoms with van der Waals surface area (Å²) in [5.74, 6) is 0.401. The summed E-state index contributed by atoms with van der Waals surface area (Å²) >= 11 is 10.7. The average molecular weight is 271 g/mol. The third-order valence-corrected chi connectivity index (χ3v) is 2.88. The van der Waals surface area contributed by atoms with Gasteiger partial charge >= 0.3 is 0 Å². The van der Waals surface area contributed by atoms with Gasteiger partial charge in [0.05, 0.1) is 10.5 Å². The van der Waals surface area contributed by atoms with Gasteiger partial charge in [-0.2, -0.15) is 5.10 Å². The Morgan fingerprint density at radius 1 is 1.59 bits per heavy atom. The smallest absolute Gasteiger partial charge is 0.281 e. The SMILES string of the molecule is Cn1c(-c2ccc(Cl)cc2[N+](=O)[O-])n[nH]c1=S. The van der Waals surface area contributed by atoms with E-state index < -0.39 is 4.92 Å². The Morgan fingerprint density at radius 2 is 2.29 bits per heavy atom. The number of nitrogens with zero attached hydrogens (tertiary/aromatic N) is 3. The van der Waals surface area contributed by atoms with Crippen LogP contribution in [0.4, 0.5) is 5.69 Å². The Kier molecular flexibility index (Phi) is 2.95. The number of benzene rings is 1. The summed E-state index contributed by atoms with van der Waals surface area (Å²) < 4.78 is 1.95. The third kappa shape index (κ3) is 2.06. The van der Waals surface area contributed by atoms with Gasteiger partial charge in [0.1, 0.15) is 0 Å². The summed E-state index contributed by atoms with van der Waals surface area (Å²) in [5, 5.41) is 17.8. The van der Waals surface area contributed by atoms with E-state index in [0.717, 1.165) is 0 Å². The van der Waals surface area contributed by atoms with E-state index in [1.165, 1.54) is 6.07 Å². The highest BCUT2D eigenvalue weighted by molar-refractivity contribution is 7.71. The van der Waals surface area contributed by atoms with E-state index in [4.69, 9.17) is 23.8 Å². The lowest BCUT2D eigenvalue weighted by Crippen LogP contribution is -1.97. The number of halogens is 1. The molecule has 0 saturated carbocycles. The molecule has 1 N–H and O–H groups in total. The molecule has 0 unspecified atom stereocenters. The molecule has 0 aliphatic carbocycles. The molecule has 2 aromatic rings. The van der Waals surface area contributed by atoms with Gasteiger partial charge in [-0.1, -0.05) is 11.6 Å². The molecule has 0 amide bonds. The van der Waals surface area contributed by atoms with Gasteiger partial charge in [0, 0.05) is 18.1 Å². The lowest BCUT2D eigenvalue weighted by molar-refractivity contribution is -0.384. The molecule has 0 bridgehead atoms. The van der Waals surface area contributed by atoms with Crippen LogP contribution in [0.15, 0.2) is 18.2 Å². The number of nitrogens with one attached hydrogen (secondary N) is 1. The number of H-pyrrole nitrogens is 1. The molecule has 2 rings (SSSR count). The third-order valence-electron chi connectivity index (χ3n) is 2.28. The highest BCUT2D eigenvalue weighted by atomic mass is 35.5. The van der Waals surface area contributed by atoms with E-state index in [0.29, 0.717) is 21.2 Å². The molecule has 0 atom stereocenters. The fourth-order valence-corrected chi connectivity index (χ4v) is 1.73. The quantitative estimate of drug-likeness (QED) is 0.517. The van der Waals surface area contributed by atoms with Crippen LogP contribution in [-0.4, -0.2) is 19.7 Å². The highest BCUT2D eigenvalue weighted by Crippen LogP contribution is 2.30. The number of nitro groups is 1. The Balaban J connectivity index is 2.71. The summed E-state index contributed by atoms with van der Waals surface area (Å²) in [6.45, 7) is 0. The summed E-state index contributed by atoms with van der Waals surface area (Å²) in [5.41, 5.74) is 0.267. The Labute approximate surface area is 106 Å². The molecular formula is C9H7ClN4O2S. The first-order valence-electron chi connectivity index (χ1n) is 4.56. The first kappa shape index (κ1) is 11.7. The lowest BCUT2D eigenvalue weighted by Gasteiger charge is -2.02. The van der Waals surface area contributed by atoms with Crippen molar-refractivity contribution in [3.8, 4) is 11.4 Å². The second kappa shape index (κ2) is 4.27. The Morgan fingerprint density at radius 3 is 2.82 bits per heavy atom. The molecule has 0 radical (unpaired) electrons. The monoisotopic (exact) mass is 270 g/mol. The molecule has 0 saturated heterocycles. The largest absolute Gasteiger partial charge is 0.303 e. The fourth-order valence-electron chi connectivity index (χ4n) is 1.43. The molecule has 0 aliphatic heterocycles. The predicted octanol–water partition coefficient (Wildman–Crippen LogP) is 2.71. The second-order valence-electron chi connectivity index (χ2n) is 3.33. The van der Waals surface area contributed by atoms with Crippen molar-refractivity contribution in [3.05, 3.63) is 38.1 Å². The van der Waals surface area contributed by atoms with Crippen molar-refractivity contribution < 1.29 is 4.92 Å². The van der Waals surface area contributed by atoms with Crippen molar-refractivity contribution in [2.75, 3.05) is 0 Å². The van der Waals surface area contributed by atoms with Crippen molar-refractivity contribution in [1.29, 1.82) is 0 Å². The van der Waals surface area contributed by atoms with Crippen molar-refractivity contribution in [1.82, 2.24) is 14.8 Å². The zero-order valence-electron chi connectivity index (χ0n) is 8.68. The van der Waals surface area contributed by atoms with Gasteiger partial charge in [0.25, 0.3) is 5.69 Å². The van der Waals surface area contributed by atoms with Crippen LogP contribution < -0.4 is 0 Å². The summed E-state index contributed by atoms with van der Waals surface area (Å²) in [4.78, 5) is 10.4. The predicted molar refractivity (Wildman–Crippen MR) is 65.5 cm³/mol. The van der Waals surface area contributed by atoms with Gasteiger partial charge in [-0.3, -0.25) is 15.2 Å². The summed E-state index contributed by atoms with van der Waals surface area (Å²) in [7, 11) is 1.68. The minimum Gasteiger partial charge on any atom is -0.303 e. The molecule has 17 heavy (non-hydrogen) atoms. The number of aromatic amines is 1. The first-order chi connectivity index (χ1) is 8.00. The lowest BCUT2D eigenvalue weighted by atomic mass is 10.1. The Bertz CT molecular complexity index is 649. The van der Waals surface area contributed by atoms with Crippen LogP contribution in [0.2, 0.25) is 5.02 Å². The minimum atomic E-state index is -0.501. The molecule has 8 heteroatoms. The molecule has 1 aromatic carbocycles. The van der Waals surface area contributed by atoms with Crippen molar-refractivity contribution in [2.24, 2.45) is 7.05 Å². The zero-order chi connectivity index (χ0) is 12.6. The summed E-state index contributed by atoms with van der Waals surface area (Å²) in [6.07, 6.45) is 0. The average Bonchev–Trinajstić information content (AvgIpc) is 2.60. The maximum Gasteiger partial charge on any atom is 0.281 e. The van der Waals surface area contributed by atoms with Crippen molar-refractivity contribution in [2.45, 2.75) is 0 Å². The zero-order valence-corrected chi connectivity index (χ0v) is 10.2. The number of hydrogen-bond donors (Lipinski definition) is 1.